The van der Waals surface area contributed by atoms with Gasteiger partial charge in [0.25, 0.3) is 5.91 Å². The number of nitrogens with one attached hydrogen (secondary N) is 1. The lowest BCUT2D eigenvalue weighted by Crippen LogP contribution is -2.49. The second kappa shape index (κ2) is 6.14. The van der Waals surface area contributed by atoms with Gasteiger partial charge in [0.05, 0.1) is 17.7 Å². The fourth-order valence-electron chi connectivity index (χ4n) is 3.09. The Balaban J connectivity index is 1.63. The molecule has 1 amide bonds. The average Bonchev–Trinajstić information content (AvgIpc) is 3.29. The molecule has 0 radical (unpaired) electrons. The van der Waals surface area contributed by atoms with Gasteiger partial charge in [0.2, 0.25) is 0 Å². The second-order valence-electron chi connectivity index (χ2n) is 6.29. The minimum Gasteiger partial charge on any atom is -0.394 e. The van der Waals surface area contributed by atoms with Crippen molar-refractivity contribution in [3.05, 3.63) is 66.6 Å². The second-order valence-corrected chi connectivity index (χ2v) is 6.29. The number of aliphatic hydroxyl groups is 1. The molecule has 6 nitrogen and oxygen atoms in total. The van der Waals surface area contributed by atoms with E-state index < -0.39 is 5.54 Å². The molecule has 0 saturated carbocycles. The van der Waals surface area contributed by atoms with Gasteiger partial charge in [0, 0.05) is 11.9 Å². The van der Waals surface area contributed by atoms with Crippen molar-refractivity contribution >= 4 is 17.1 Å². The first-order chi connectivity index (χ1) is 12.2. The summed E-state index contributed by atoms with van der Waals surface area (Å²) in [5.74, 6) is -0.249. The van der Waals surface area contributed by atoms with Gasteiger partial charge in [-0.25, -0.2) is 9.97 Å². The Bertz CT molecular complexity index is 938. The van der Waals surface area contributed by atoms with Gasteiger partial charge in [-0.15, -0.1) is 0 Å². The van der Waals surface area contributed by atoms with Crippen molar-refractivity contribution in [3.63, 3.8) is 0 Å². The Hall–Kier alpha value is -2.99. The van der Waals surface area contributed by atoms with Gasteiger partial charge in [0.15, 0.2) is 5.65 Å². The third-order valence-corrected chi connectivity index (χ3v) is 4.55. The standard InChI is InChI=1S/C19H18N4O2/c24-12-19(8-4-5-9-19)22-18(25)14-10-16-17(20-11-14)23(13-21-16)15-6-2-1-3-7-15/h1-7,10-11,13,24H,8-9,12H2,(H,22,25). The molecular formula is C19H18N4O2. The smallest absolute Gasteiger partial charge is 0.253 e. The monoisotopic (exact) mass is 334 g/mol. The minimum atomic E-state index is -0.602. The van der Waals surface area contributed by atoms with E-state index in [1.807, 2.05) is 47.1 Å². The van der Waals surface area contributed by atoms with E-state index in [9.17, 15) is 9.90 Å². The average molecular weight is 334 g/mol. The van der Waals surface area contributed by atoms with Crippen molar-refractivity contribution < 1.29 is 9.90 Å². The molecule has 0 atom stereocenters. The maximum atomic E-state index is 12.6. The zero-order chi connectivity index (χ0) is 17.3. The van der Waals surface area contributed by atoms with Crippen molar-refractivity contribution in [3.8, 4) is 5.69 Å². The van der Waals surface area contributed by atoms with E-state index in [1.54, 1.807) is 18.6 Å². The van der Waals surface area contributed by atoms with Gasteiger partial charge < -0.3 is 10.4 Å². The number of benzene rings is 1. The van der Waals surface area contributed by atoms with Crippen LogP contribution in [0.2, 0.25) is 0 Å². The summed E-state index contributed by atoms with van der Waals surface area (Å²) in [6, 6.07) is 11.5. The van der Waals surface area contributed by atoms with Gasteiger partial charge >= 0.3 is 0 Å². The largest absolute Gasteiger partial charge is 0.394 e. The Morgan fingerprint density at radius 2 is 1.96 bits per heavy atom. The number of imidazole rings is 1. The van der Waals surface area contributed by atoms with Crippen LogP contribution in [0.1, 0.15) is 23.2 Å². The molecule has 2 aromatic heterocycles. The Morgan fingerprint density at radius 1 is 1.20 bits per heavy atom. The molecule has 0 spiro atoms. The molecule has 25 heavy (non-hydrogen) atoms. The van der Waals surface area contributed by atoms with E-state index in [-0.39, 0.29) is 12.5 Å². The predicted molar refractivity (Wildman–Crippen MR) is 94.5 cm³/mol. The third-order valence-electron chi connectivity index (χ3n) is 4.55. The van der Waals surface area contributed by atoms with Crippen LogP contribution in [0.4, 0.5) is 0 Å². The number of amides is 1. The zero-order valence-corrected chi connectivity index (χ0v) is 13.6. The number of aromatic nitrogens is 3. The van der Waals surface area contributed by atoms with Gasteiger partial charge in [-0.2, -0.15) is 0 Å². The fourth-order valence-corrected chi connectivity index (χ4v) is 3.09. The summed E-state index contributed by atoms with van der Waals surface area (Å²) < 4.78 is 1.88. The molecule has 0 fully saturated rings. The van der Waals surface area contributed by atoms with E-state index in [2.05, 4.69) is 15.3 Å². The molecule has 2 N–H and O–H groups in total. The third kappa shape index (κ3) is 2.81. The minimum absolute atomic E-state index is 0.0932. The highest BCUT2D eigenvalue weighted by Gasteiger charge is 2.32. The first-order valence-corrected chi connectivity index (χ1v) is 8.18. The highest BCUT2D eigenvalue weighted by molar-refractivity contribution is 5.97. The summed E-state index contributed by atoms with van der Waals surface area (Å²) >= 11 is 0. The fraction of sp³-hybridized carbons (Fsp3) is 0.211. The highest BCUT2D eigenvalue weighted by Crippen LogP contribution is 2.24. The van der Waals surface area contributed by atoms with Gasteiger partial charge in [0.1, 0.15) is 11.8 Å². The number of hydrogen-bond acceptors (Lipinski definition) is 4. The molecule has 0 aliphatic heterocycles. The lowest BCUT2D eigenvalue weighted by atomic mass is 9.97. The number of carbonyl (C=O) groups excluding carboxylic acids is 1. The maximum absolute atomic E-state index is 12.6. The number of carbonyl (C=O) groups is 1. The SMILES string of the molecule is O=C(NC1(CO)CC=CC1)c1cnc2c(c1)ncn2-c1ccccc1. The van der Waals surface area contributed by atoms with Crippen molar-refractivity contribution in [1.82, 2.24) is 19.9 Å². The molecule has 4 rings (SSSR count). The quantitative estimate of drug-likeness (QED) is 0.717. The van der Waals surface area contributed by atoms with E-state index in [4.69, 9.17) is 0 Å². The number of rotatable bonds is 4. The van der Waals surface area contributed by atoms with Crippen molar-refractivity contribution in [1.29, 1.82) is 0 Å². The van der Waals surface area contributed by atoms with Gasteiger partial charge in [-0.3, -0.25) is 9.36 Å². The van der Waals surface area contributed by atoms with Crippen molar-refractivity contribution in [2.45, 2.75) is 18.4 Å². The normalized spacial score (nSPS) is 15.6. The Kier molecular flexibility index (Phi) is 3.82. The highest BCUT2D eigenvalue weighted by atomic mass is 16.3. The van der Waals surface area contributed by atoms with E-state index in [0.29, 0.717) is 29.6 Å². The van der Waals surface area contributed by atoms with Crippen LogP contribution >= 0.6 is 0 Å². The Labute approximate surface area is 144 Å². The number of para-hydroxylation sites is 1. The summed E-state index contributed by atoms with van der Waals surface area (Å²) in [4.78, 5) is 21.3. The molecular weight excluding hydrogens is 316 g/mol. The van der Waals surface area contributed by atoms with Crippen molar-refractivity contribution in [2.24, 2.45) is 0 Å². The van der Waals surface area contributed by atoms with Gasteiger partial charge in [-0.05, 0) is 31.0 Å². The predicted octanol–water partition coefficient (Wildman–Crippen LogP) is 2.23. The number of nitrogens with zero attached hydrogens (tertiary/aromatic N) is 3. The van der Waals surface area contributed by atoms with Crippen molar-refractivity contribution in [2.75, 3.05) is 6.61 Å². The molecule has 1 aliphatic carbocycles. The molecule has 2 heterocycles. The van der Waals surface area contributed by atoms with Crippen LogP contribution in [0.3, 0.4) is 0 Å². The zero-order valence-electron chi connectivity index (χ0n) is 13.6. The maximum Gasteiger partial charge on any atom is 0.253 e. The summed E-state index contributed by atoms with van der Waals surface area (Å²) in [7, 11) is 0. The number of aliphatic hydroxyl groups excluding tert-OH is 1. The molecule has 6 heteroatoms. The lowest BCUT2D eigenvalue weighted by molar-refractivity contribution is 0.0845. The van der Waals surface area contributed by atoms with Gasteiger partial charge in [-0.1, -0.05) is 30.4 Å². The summed E-state index contributed by atoms with van der Waals surface area (Å²) in [5.41, 5.74) is 2.15. The first-order valence-electron chi connectivity index (χ1n) is 8.18. The number of pyridine rings is 1. The van der Waals surface area contributed by atoms with E-state index >= 15 is 0 Å². The number of hydrogen-bond donors (Lipinski definition) is 2. The molecule has 1 aliphatic rings. The van der Waals surface area contributed by atoms with Crippen LogP contribution in [0.15, 0.2) is 61.1 Å². The summed E-state index contributed by atoms with van der Waals surface area (Å²) in [6.45, 7) is -0.0932. The van der Waals surface area contributed by atoms with Crippen LogP contribution in [0.25, 0.3) is 16.9 Å². The van der Waals surface area contributed by atoms with Crippen LogP contribution in [0.5, 0.6) is 0 Å². The molecule has 0 saturated heterocycles. The molecule has 0 unspecified atom stereocenters. The molecule has 3 aromatic rings. The lowest BCUT2D eigenvalue weighted by Gasteiger charge is -2.27. The Morgan fingerprint density at radius 3 is 2.68 bits per heavy atom. The van der Waals surface area contributed by atoms with Crippen LogP contribution in [-0.2, 0) is 0 Å². The number of fused-ring (bicyclic) bond motifs is 1. The topological polar surface area (TPSA) is 80.0 Å². The van der Waals surface area contributed by atoms with Crippen LogP contribution in [-0.4, -0.2) is 37.7 Å². The summed E-state index contributed by atoms with van der Waals surface area (Å²) in [5, 5.41) is 12.6. The van der Waals surface area contributed by atoms with E-state index in [1.165, 1.54) is 0 Å². The van der Waals surface area contributed by atoms with E-state index in [0.717, 1.165) is 5.69 Å². The van der Waals surface area contributed by atoms with Crippen LogP contribution in [0, 0.1) is 0 Å². The first kappa shape index (κ1) is 15.5. The summed E-state index contributed by atoms with van der Waals surface area (Å²) in [6.07, 6.45) is 8.46. The van der Waals surface area contributed by atoms with Crippen LogP contribution < -0.4 is 5.32 Å². The molecule has 126 valence electrons. The molecule has 0 bridgehead atoms. The molecule has 1 aromatic carbocycles.